The lowest BCUT2D eigenvalue weighted by Crippen LogP contribution is -2.15. The molecule has 0 spiro atoms. The molecule has 4 nitrogen and oxygen atoms in total. The number of halogens is 6. The molecule has 4 aromatic rings. The standard InChI is InChI=1S/C21H11ClF5N3O/c22-13-10-11(30-17-7-2-1-6-16(17)29-20(30)21(25,26)27)8-9-15(13)28-19(31)12-4-3-5-14(23)18(12)24/h1-10H,(H,28,31). The van der Waals surface area contributed by atoms with E-state index in [1.54, 1.807) is 12.1 Å². The average Bonchev–Trinajstić information content (AvgIpc) is 3.11. The average molecular weight is 452 g/mol. The van der Waals surface area contributed by atoms with E-state index in [2.05, 4.69) is 10.3 Å². The van der Waals surface area contributed by atoms with Crippen molar-refractivity contribution in [1.82, 2.24) is 9.55 Å². The van der Waals surface area contributed by atoms with E-state index >= 15 is 0 Å². The topological polar surface area (TPSA) is 46.9 Å². The molecule has 0 saturated heterocycles. The number of anilines is 1. The van der Waals surface area contributed by atoms with E-state index in [0.29, 0.717) is 0 Å². The highest BCUT2D eigenvalue weighted by atomic mass is 35.5. The Morgan fingerprint density at radius 2 is 1.74 bits per heavy atom. The van der Waals surface area contributed by atoms with Gasteiger partial charge in [-0.2, -0.15) is 13.2 Å². The molecular weight excluding hydrogens is 441 g/mol. The van der Waals surface area contributed by atoms with E-state index < -0.39 is 35.1 Å². The van der Waals surface area contributed by atoms with Gasteiger partial charge in [-0.05, 0) is 42.5 Å². The SMILES string of the molecule is O=C(Nc1ccc(-n2c(C(F)(F)F)nc3ccccc32)cc1Cl)c1cccc(F)c1F. The van der Waals surface area contributed by atoms with Crippen LogP contribution in [0.25, 0.3) is 16.7 Å². The largest absolute Gasteiger partial charge is 0.450 e. The van der Waals surface area contributed by atoms with Crippen molar-refractivity contribution in [2.75, 3.05) is 5.32 Å². The van der Waals surface area contributed by atoms with Crippen LogP contribution < -0.4 is 5.32 Å². The maximum absolute atomic E-state index is 13.8. The Bertz CT molecular complexity index is 1320. The van der Waals surface area contributed by atoms with Crippen LogP contribution in [-0.2, 0) is 6.18 Å². The summed E-state index contributed by atoms with van der Waals surface area (Å²) in [6, 6.07) is 13.0. The number of carbonyl (C=O) groups is 1. The summed E-state index contributed by atoms with van der Waals surface area (Å²) >= 11 is 6.17. The van der Waals surface area contributed by atoms with E-state index in [4.69, 9.17) is 11.6 Å². The third-order valence-corrected chi connectivity index (χ3v) is 4.78. The summed E-state index contributed by atoms with van der Waals surface area (Å²) in [5, 5.41) is 2.22. The van der Waals surface area contributed by atoms with E-state index in [0.717, 1.165) is 16.7 Å². The van der Waals surface area contributed by atoms with Crippen molar-refractivity contribution in [2.45, 2.75) is 6.18 Å². The normalized spacial score (nSPS) is 11.7. The minimum absolute atomic E-state index is 0.0112. The number of imidazole rings is 1. The number of fused-ring (bicyclic) bond motifs is 1. The summed E-state index contributed by atoms with van der Waals surface area (Å²) in [5.41, 5.74) is -0.118. The molecule has 0 atom stereocenters. The smallest absolute Gasteiger partial charge is 0.321 e. The molecule has 10 heteroatoms. The van der Waals surface area contributed by atoms with Crippen molar-refractivity contribution in [3.63, 3.8) is 0 Å². The molecule has 31 heavy (non-hydrogen) atoms. The number of aromatic nitrogens is 2. The molecular formula is C21H11ClF5N3O. The van der Waals surface area contributed by atoms with E-state index in [1.807, 2.05) is 0 Å². The van der Waals surface area contributed by atoms with Crippen molar-refractivity contribution < 1.29 is 26.7 Å². The Hall–Kier alpha value is -3.46. The molecule has 0 aliphatic carbocycles. The fourth-order valence-corrected chi connectivity index (χ4v) is 3.31. The number of alkyl halides is 3. The zero-order valence-corrected chi connectivity index (χ0v) is 16.1. The number of carbonyl (C=O) groups excluding carboxylic acids is 1. The van der Waals surface area contributed by atoms with E-state index in [1.165, 1.54) is 36.4 Å². The van der Waals surface area contributed by atoms with Gasteiger partial charge in [0.15, 0.2) is 11.6 Å². The lowest BCUT2D eigenvalue weighted by molar-refractivity contribution is -0.145. The summed E-state index contributed by atoms with van der Waals surface area (Å²) in [4.78, 5) is 15.9. The van der Waals surface area contributed by atoms with Crippen LogP contribution in [0.1, 0.15) is 16.2 Å². The number of rotatable bonds is 3. The molecule has 0 fully saturated rings. The van der Waals surface area contributed by atoms with Gasteiger partial charge in [0.2, 0.25) is 5.82 Å². The second-order valence-corrected chi connectivity index (χ2v) is 6.88. The van der Waals surface area contributed by atoms with Crippen LogP contribution in [-0.4, -0.2) is 15.5 Å². The van der Waals surface area contributed by atoms with Crippen molar-refractivity contribution in [1.29, 1.82) is 0 Å². The highest BCUT2D eigenvalue weighted by molar-refractivity contribution is 6.34. The second kappa shape index (κ2) is 7.66. The monoisotopic (exact) mass is 451 g/mol. The molecule has 1 N–H and O–H groups in total. The van der Waals surface area contributed by atoms with E-state index in [9.17, 15) is 26.7 Å². The summed E-state index contributed by atoms with van der Waals surface area (Å²) in [5.74, 6) is -4.62. The van der Waals surface area contributed by atoms with E-state index in [-0.39, 0.29) is 27.4 Å². The molecule has 158 valence electrons. The molecule has 1 aromatic heterocycles. The third-order valence-electron chi connectivity index (χ3n) is 4.47. The van der Waals surface area contributed by atoms with Gasteiger partial charge in [0.25, 0.3) is 5.91 Å². The molecule has 4 rings (SSSR count). The van der Waals surface area contributed by atoms with Gasteiger partial charge in [-0.1, -0.05) is 29.8 Å². The number of benzene rings is 3. The highest BCUT2D eigenvalue weighted by Gasteiger charge is 2.38. The van der Waals surface area contributed by atoms with Gasteiger partial charge in [-0.25, -0.2) is 13.8 Å². The van der Waals surface area contributed by atoms with Crippen LogP contribution in [0.4, 0.5) is 27.6 Å². The molecule has 0 unspecified atom stereocenters. The highest BCUT2D eigenvalue weighted by Crippen LogP contribution is 2.35. The van der Waals surface area contributed by atoms with Gasteiger partial charge in [-0.3, -0.25) is 9.36 Å². The molecule has 0 aliphatic rings. The third kappa shape index (κ3) is 3.84. The van der Waals surface area contributed by atoms with Gasteiger partial charge in [-0.15, -0.1) is 0 Å². The number of hydrogen-bond acceptors (Lipinski definition) is 2. The Balaban J connectivity index is 1.74. The molecule has 3 aromatic carbocycles. The molecule has 0 saturated carbocycles. The van der Waals surface area contributed by atoms with Crippen molar-refractivity contribution in [3.8, 4) is 5.69 Å². The summed E-state index contributed by atoms with van der Waals surface area (Å²) in [7, 11) is 0. The van der Waals surface area contributed by atoms with Gasteiger partial charge >= 0.3 is 6.18 Å². The van der Waals surface area contributed by atoms with Crippen molar-refractivity contribution in [2.24, 2.45) is 0 Å². The minimum Gasteiger partial charge on any atom is -0.321 e. The van der Waals surface area contributed by atoms with Gasteiger partial charge in [0, 0.05) is 5.69 Å². The lowest BCUT2D eigenvalue weighted by atomic mass is 10.2. The predicted octanol–water partition coefficient (Wildman–Crippen LogP) is 6.23. The van der Waals surface area contributed by atoms with Crippen LogP contribution in [0.5, 0.6) is 0 Å². The number of nitrogens with zero attached hydrogens (tertiary/aromatic N) is 2. The van der Waals surface area contributed by atoms with Crippen molar-refractivity contribution >= 4 is 34.2 Å². The first-order chi connectivity index (χ1) is 14.7. The van der Waals surface area contributed by atoms with Crippen LogP contribution in [0, 0.1) is 11.6 Å². The van der Waals surface area contributed by atoms with Crippen LogP contribution in [0.15, 0.2) is 60.7 Å². The Kier molecular flexibility index (Phi) is 5.14. The number of nitrogens with one attached hydrogen (secondary N) is 1. The zero-order chi connectivity index (χ0) is 22.3. The van der Waals surface area contributed by atoms with Gasteiger partial charge in [0.05, 0.1) is 27.3 Å². The van der Waals surface area contributed by atoms with Gasteiger partial charge < -0.3 is 5.32 Å². The number of amides is 1. The molecule has 0 radical (unpaired) electrons. The van der Waals surface area contributed by atoms with Crippen LogP contribution >= 0.6 is 11.6 Å². The minimum atomic E-state index is -4.73. The molecule has 1 heterocycles. The first kappa shape index (κ1) is 20.8. The van der Waals surface area contributed by atoms with Crippen LogP contribution in [0.2, 0.25) is 5.02 Å². The molecule has 1 amide bonds. The second-order valence-electron chi connectivity index (χ2n) is 6.48. The molecule has 0 aliphatic heterocycles. The van der Waals surface area contributed by atoms with Gasteiger partial charge in [0.1, 0.15) is 0 Å². The Morgan fingerprint density at radius 1 is 1.00 bits per heavy atom. The fourth-order valence-electron chi connectivity index (χ4n) is 3.09. The van der Waals surface area contributed by atoms with Crippen molar-refractivity contribution in [3.05, 3.63) is 88.7 Å². The predicted molar refractivity (Wildman–Crippen MR) is 105 cm³/mol. The summed E-state index contributed by atoms with van der Waals surface area (Å²) < 4.78 is 68.7. The zero-order valence-electron chi connectivity index (χ0n) is 15.3. The fraction of sp³-hybridized carbons (Fsp3) is 0.0476. The first-order valence-corrected chi connectivity index (χ1v) is 9.14. The Labute approximate surface area is 176 Å². The molecule has 0 bridgehead atoms. The maximum atomic E-state index is 13.8. The summed E-state index contributed by atoms with van der Waals surface area (Å²) in [6.45, 7) is 0. The maximum Gasteiger partial charge on any atom is 0.450 e. The van der Waals surface area contributed by atoms with Crippen LogP contribution in [0.3, 0.4) is 0 Å². The number of para-hydroxylation sites is 2. The first-order valence-electron chi connectivity index (χ1n) is 8.77. The lowest BCUT2D eigenvalue weighted by Gasteiger charge is -2.14. The Morgan fingerprint density at radius 3 is 2.45 bits per heavy atom. The number of hydrogen-bond donors (Lipinski definition) is 1. The summed E-state index contributed by atoms with van der Waals surface area (Å²) in [6.07, 6.45) is -4.73. The quantitative estimate of drug-likeness (QED) is 0.375.